The summed E-state index contributed by atoms with van der Waals surface area (Å²) in [5.74, 6) is 0.182. The molecule has 3 heterocycles. The third kappa shape index (κ3) is 2.37. The Morgan fingerprint density at radius 2 is 2.00 bits per heavy atom. The summed E-state index contributed by atoms with van der Waals surface area (Å²) in [6.07, 6.45) is 0. The zero-order valence-electron chi connectivity index (χ0n) is 12.0. The van der Waals surface area contributed by atoms with Gasteiger partial charge in [0.1, 0.15) is 10.7 Å². The monoisotopic (exact) mass is 314 g/mol. The number of sulfonamides is 1. The summed E-state index contributed by atoms with van der Waals surface area (Å²) in [5, 5.41) is 3.27. The standard InChI is InChI=1S/C13H18N2O5S/c1-8-12(3-11(20-8)13(16)19-2)21(17,18)15-6-9-4-14-5-10(9)7-15/h3,9-10,14H,4-7H2,1-2H3/t9-,10+. The van der Waals surface area contributed by atoms with Gasteiger partial charge in [-0.15, -0.1) is 0 Å². The second-order valence-electron chi connectivity index (χ2n) is 5.52. The van der Waals surface area contributed by atoms with Crippen molar-refractivity contribution in [2.45, 2.75) is 11.8 Å². The number of aryl methyl sites for hydroxylation is 1. The fourth-order valence-corrected chi connectivity index (χ4v) is 4.78. The Morgan fingerprint density at radius 3 is 2.57 bits per heavy atom. The van der Waals surface area contributed by atoms with Gasteiger partial charge < -0.3 is 14.5 Å². The highest BCUT2D eigenvalue weighted by atomic mass is 32.2. The van der Waals surface area contributed by atoms with Gasteiger partial charge in [0.25, 0.3) is 0 Å². The minimum atomic E-state index is -3.63. The molecule has 21 heavy (non-hydrogen) atoms. The molecule has 0 spiro atoms. The van der Waals surface area contributed by atoms with E-state index in [4.69, 9.17) is 4.42 Å². The predicted molar refractivity (Wildman–Crippen MR) is 73.4 cm³/mol. The maximum atomic E-state index is 12.7. The first-order chi connectivity index (χ1) is 9.93. The van der Waals surface area contributed by atoms with Crippen molar-refractivity contribution in [2.24, 2.45) is 11.8 Å². The lowest BCUT2D eigenvalue weighted by Crippen LogP contribution is -2.32. The highest BCUT2D eigenvalue weighted by Gasteiger charge is 2.42. The zero-order valence-corrected chi connectivity index (χ0v) is 12.8. The molecule has 7 nitrogen and oxygen atoms in total. The van der Waals surface area contributed by atoms with E-state index in [2.05, 4.69) is 10.1 Å². The van der Waals surface area contributed by atoms with E-state index in [9.17, 15) is 13.2 Å². The molecule has 2 aliphatic heterocycles. The Labute approximate surface area is 123 Å². The number of hydrogen-bond donors (Lipinski definition) is 1. The van der Waals surface area contributed by atoms with Crippen LogP contribution in [0.15, 0.2) is 15.4 Å². The van der Waals surface area contributed by atoms with E-state index in [1.54, 1.807) is 0 Å². The number of carbonyl (C=O) groups excluding carboxylic acids is 1. The van der Waals surface area contributed by atoms with Gasteiger partial charge in [-0.3, -0.25) is 0 Å². The van der Waals surface area contributed by atoms with Crippen LogP contribution < -0.4 is 5.32 Å². The van der Waals surface area contributed by atoms with Gasteiger partial charge in [0.15, 0.2) is 0 Å². The van der Waals surface area contributed by atoms with Crippen LogP contribution in [0.3, 0.4) is 0 Å². The number of nitrogens with zero attached hydrogens (tertiary/aromatic N) is 1. The van der Waals surface area contributed by atoms with Crippen molar-refractivity contribution in [1.29, 1.82) is 0 Å². The number of methoxy groups -OCH3 is 1. The number of rotatable bonds is 3. The van der Waals surface area contributed by atoms with Crippen molar-refractivity contribution >= 4 is 16.0 Å². The van der Waals surface area contributed by atoms with Crippen LogP contribution in [0.2, 0.25) is 0 Å². The van der Waals surface area contributed by atoms with Crippen molar-refractivity contribution in [1.82, 2.24) is 9.62 Å². The third-order valence-corrected chi connectivity index (χ3v) is 6.17. The lowest BCUT2D eigenvalue weighted by atomic mass is 10.0. The molecule has 116 valence electrons. The molecule has 0 radical (unpaired) electrons. The summed E-state index contributed by atoms with van der Waals surface area (Å²) in [7, 11) is -2.40. The fraction of sp³-hybridized carbons (Fsp3) is 0.615. The number of carbonyl (C=O) groups is 1. The van der Waals surface area contributed by atoms with Gasteiger partial charge in [-0.05, 0) is 31.8 Å². The SMILES string of the molecule is COC(=O)c1cc(S(=O)(=O)N2C[C@H]3CNC[C@H]3C2)c(C)o1. The molecule has 3 rings (SSSR count). The molecule has 1 aromatic rings. The average Bonchev–Trinajstić information content (AvgIpc) is 3.10. The third-order valence-electron chi connectivity index (χ3n) is 4.23. The second kappa shape index (κ2) is 5.11. The topological polar surface area (TPSA) is 88.9 Å². The molecule has 2 saturated heterocycles. The Morgan fingerprint density at radius 1 is 1.38 bits per heavy atom. The largest absolute Gasteiger partial charge is 0.463 e. The van der Waals surface area contributed by atoms with Crippen LogP contribution >= 0.6 is 0 Å². The van der Waals surface area contributed by atoms with Crippen LogP contribution in [0, 0.1) is 18.8 Å². The quantitative estimate of drug-likeness (QED) is 0.803. The fourth-order valence-electron chi connectivity index (χ4n) is 3.07. The maximum Gasteiger partial charge on any atom is 0.373 e. The summed E-state index contributed by atoms with van der Waals surface area (Å²) in [5.41, 5.74) is 0. The van der Waals surface area contributed by atoms with Gasteiger partial charge in [0.2, 0.25) is 15.8 Å². The molecular weight excluding hydrogens is 296 g/mol. The highest BCUT2D eigenvalue weighted by Crippen LogP contribution is 2.32. The van der Waals surface area contributed by atoms with E-state index in [1.807, 2.05) is 0 Å². The van der Waals surface area contributed by atoms with Crippen LogP contribution in [0.4, 0.5) is 0 Å². The van der Waals surface area contributed by atoms with Crippen LogP contribution in [0.1, 0.15) is 16.3 Å². The number of fused-ring (bicyclic) bond motifs is 1. The molecule has 8 heteroatoms. The maximum absolute atomic E-state index is 12.7. The Kier molecular flexibility index (Phi) is 3.54. The van der Waals surface area contributed by atoms with Crippen LogP contribution in [-0.4, -0.2) is 52.0 Å². The Bertz CT molecular complexity index is 654. The summed E-state index contributed by atoms with van der Waals surface area (Å²) < 4.78 is 36.7. The van der Waals surface area contributed by atoms with E-state index in [0.717, 1.165) is 13.1 Å². The number of hydrogen-bond acceptors (Lipinski definition) is 6. The lowest BCUT2D eigenvalue weighted by Gasteiger charge is -2.16. The number of esters is 1. The molecule has 0 amide bonds. The Hall–Kier alpha value is -1.38. The van der Waals surface area contributed by atoms with Crippen LogP contribution in [0.25, 0.3) is 0 Å². The summed E-state index contributed by atoms with van der Waals surface area (Å²) in [6.45, 7) is 4.27. The van der Waals surface area contributed by atoms with Crippen molar-refractivity contribution in [2.75, 3.05) is 33.3 Å². The van der Waals surface area contributed by atoms with E-state index < -0.39 is 16.0 Å². The number of nitrogens with one attached hydrogen (secondary N) is 1. The summed E-state index contributed by atoms with van der Waals surface area (Å²) in [6, 6.07) is 1.25. The highest BCUT2D eigenvalue weighted by molar-refractivity contribution is 7.89. The second-order valence-corrected chi connectivity index (χ2v) is 7.43. The van der Waals surface area contributed by atoms with Gasteiger partial charge in [-0.2, -0.15) is 4.31 Å². The van der Waals surface area contributed by atoms with E-state index in [1.165, 1.54) is 24.4 Å². The van der Waals surface area contributed by atoms with Crippen molar-refractivity contribution < 1.29 is 22.4 Å². The van der Waals surface area contributed by atoms with Gasteiger partial charge in [0, 0.05) is 19.2 Å². The van der Waals surface area contributed by atoms with Gasteiger partial charge >= 0.3 is 5.97 Å². The predicted octanol–water partition coefficient (Wildman–Crippen LogP) is 0.215. The first-order valence-corrected chi connectivity index (χ1v) is 8.27. The van der Waals surface area contributed by atoms with E-state index in [-0.39, 0.29) is 16.4 Å². The average molecular weight is 314 g/mol. The molecule has 2 aliphatic rings. The van der Waals surface area contributed by atoms with E-state index >= 15 is 0 Å². The number of ether oxygens (including phenoxy) is 1. The van der Waals surface area contributed by atoms with E-state index in [0.29, 0.717) is 24.9 Å². The minimum Gasteiger partial charge on any atom is -0.463 e. The molecule has 0 aromatic carbocycles. The molecule has 2 atom stereocenters. The minimum absolute atomic E-state index is 0.0517. The smallest absolute Gasteiger partial charge is 0.373 e. The number of furan rings is 1. The van der Waals surface area contributed by atoms with Crippen LogP contribution in [-0.2, 0) is 14.8 Å². The first-order valence-electron chi connectivity index (χ1n) is 6.83. The molecule has 2 fully saturated rings. The molecule has 1 N–H and O–H groups in total. The normalized spacial score (nSPS) is 26.0. The summed E-state index contributed by atoms with van der Waals surface area (Å²) >= 11 is 0. The van der Waals surface area contributed by atoms with Crippen molar-refractivity contribution in [3.8, 4) is 0 Å². The molecule has 0 saturated carbocycles. The molecule has 0 bridgehead atoms. The molecule has 1 aromatic heterocycles. The van der Waals surface area contributed by atoms with Gasteiger partial charge in [0.05, 0.1) is 7.11 Å². The lowest BCUT2D eigenvalue weighted by molar-refractivity contribution is 0.0563. The molecule has 0 unspecified atom stereocenters. The molecule has 0 aliphatic carbocycles. The van der Waals surface area contributed by atoms with Crippen molar-refractivity contribution in [3.05, 3.63) is 17.6 Å². The van der Waals surface area contributed by atoms with Crippen LogP contribution in [0.5, 0.6) is 0 Å². The van der Waals surface area contributed by atoms with Gasteiger partial charge in [-0.1, -0.05) is 0 Å². The van der Waals surface area contributed by atoms with Crippen molar-refractivity contribution in [3.63, 3.8) is 0 Å². The zero-order chi connectivity index (χ0) is 15.2. The summed E-state index contributed by atoms with van der Waals surface area (Å²) in [4.78, 5) is 11.5. The molecular formula is C13H18N2O5S. The van der Waals surface area contributed by atoms with Gasteiger partial charge in [-0.25, -0.2) is 13.2 Å². The first kappa shape index (κ1) is 14.6. The Balaban J connectivity index is 1.89.